The van der Waals surface area contributed by atoms with Crippen LogP contribution in [0.2, 0.25) is 0 Å². The van der Waals surface area contributed by atoms with Gasteiger partial charge in [0.15, 0.2) is 0 Å². The monoisotopic (exact) mass is 184 g/mol. The summed E-state index contributed by atoms with van der Waals surface area (Å²) in [5.74, 6) is 0. The molecule has 0 unspecified atom stereocenters. The smallest absolute Gasteiger partial charge is 0.0125 e. The highest BCUT2D eigenvalue weighted by Gasteiger charge is 2.02. The van der Waals surface area contributed by atoms with E-state index in [0.717, 1.165) is 5.56 Å². The third-order valence-electron chi connectivity index (χ3n) is 1.87. The summed E-state index contributed by atoms with van der Waals surface area (Å²) in [6, 6.07) is 4.68. The van der Waals surface area contributed by atoms with Crippen LogP contribution in [0, 0.1) is 13.8 Å². The first-order chi connectivity index (χ1) is 5.43. The molecular weight excluding hydrogens is 175 g/mol. The fraction of sp³-hybridized carbons (Fsp3) is 0.250. The van der Waals surface area contributed by atoms with Crippen LogP contribution < -0.4 is 15.1 Å². The maximum Gasteiger partial charge on any atom is -0.0125 e. The summed E-state index contributed by atoms with van der Waals surface area (Å²) in [6.07, 6.45) is 0. The van der Waals surface area contributed by atoms with Gasteiger partial charge in [-0.05, 0) is 37.9 Å². The summed E-state index contributed by atoms with van der Waals surface area (Å²) in [6.45, 7) is 3.40. The summed E-state index contributed by atoms with van der Waals surface area (Å²) in [7, 11) is -4.58. The molecule has 12 heavy (non-hydrogen) atoms. The number of hydrogen-bond acceptors (Lipinski definition) is 3. The van der Waals surface area contributed by atoms with Gasteiger partial charge in [-0.15, -0.1) is 0 Å². The lowest BCUT2D eigenvalue weighted by atomic mass is 10.1. The minimum atomic E-state index is -4.58. The summed E-state index contributed by atoms with van der Waals surface area (Å²) in [5, 5.41) is -0.0949. The average molecular weight is 184 g/mol. The topological polar surface area (TPSA) is 63.2 Å². The van der Waals surface area contributed by atoms with E-state index in [1.54, 1.807) is 26.0 Å². The van der Waals surface area contributed by atoms with Gasteiger partial charge in [-0.25, -0.2) is 0 Å². The molecule has 1 aromatic rings. The third kappa shape index (κ3) is 1.75. The molecule has 1 rings (SSSR count). The number of aryl methyl sites for hydroxylation is 1. The molecule has 1 aromatic carbocycles. The Bertz CT molecular complexity index is 340. The Balaban J connectivity index is 3.36. The molecule has 0 fully saturated rings. The molecule has 0 N–H and O–H groups in total. The van der Waals surface area contributed by atoms with Gasteiger partial charge < -0.3 is 14.4 Å². The molecule has 0 aliphatic rings. The van der Waals surface area contributed by atoms with E-state index in [0.29, 0.717) is 5.56 Å². The van der Waals surface area contributed by atoms with Crippen molar-refractivity contribution in [1.82, 2.24) is 0 Å². The Kier molecular flexibility index (Phi) is 2.38. The predicted molar refractivity (Wildman–Crippen MR) is 43.2 cm³/mol. The van der Waals surface area contributed by atoms with Gasteiger partial charge in [-0.2, -0.15) is 0 Å². The molecule has 0 saturated carbocycles. The second-order valence-corrected chi connectivity index (χ2v) is 4.19. The second-order valence-electron chi connectivity index (χ2n) is 2.72. The maximum atomic E-state index is 10.7. The van der Waals surface area contributed by atoms with Gasteiger partial charge in [-0.1, -0.05) is 18.2 Å². The van der Waals surface area contributed by atoms with E-state index in [1.165, 1.54) is 6.07 Å². The minimum Gasteiger partial charge on any atom is -0.807 e. The van der Waals surface area contributed by atoms with E-state index in [2.05, 4.69) is 0 Å². The highest BCUT2D eigenvalue weighted by Crippen LogP contribution is 2.25. The quantitative estimate of drug-likeness (QED) is 0.570. The summed E-state index contributed by atoms with van der Waals surface area (Å²) >= 11 is 0. The predicted octanol–water partition coefficient (Wildman–Crippen LogP) is -0.158. The van der Waals surface area contributed by atoms with Crippen LogP contribution in [-0.2, 0) is 4.57 Å². The van der Waals surface area contributed by atoms with Crippen LogP contribution in [0.1, 0.15) is 11.1 Å². The molecule has 0 heterocycles. The van der Waals surface area contributed by atoms with Crippen LogP contribution >= 0.6 is 7.60 Å². The molecule has 4 heteroatoms. The lowest BCUT2D eigenvalue weighted by molar-refractivity contribution is -0.307. The zero-order chi connectivity index (χ0) is 9.35. The van der Waals surface area contributed by atoms with Crippen molar-refractivity contribution in [3.05, 3.63) is 29.3 Å². The van der Waals surface area contributed by atoms with Gasteiger partial charge in [0.25, 0.3) is 0 Å². The zero-order valence-corrected chi connectivity index (χ0v) is 7.80. The van der Waals surface area contributed by atoms with Crippen LogP contribution in [0.15, 0.2) is 18.2 Å². The molecule has 0 aromatic heterocycles. The normalized spacial score (nSPS) is 11.7. The van der Waals surface area contributed by atoms with Gasteiger partial charge in [-0.3, -0.25) is 0 Å². The Morgan fingerprint density at radius 3 is 2.25 bits per heavy atom. The van der Waals surface area contributed by atoms with Crippen molar-refractivity contribution in [2.75, 3.05) is 0 Å². The molecule has 0 aliphatic heterocycles. The van der Waals surface area contributed by atoms with Crippen molar-refractivity contribution in [3.63, 3.8) is 0 Å². The largest absolute Gasteiger partial charge is 0.807 e. The molecule has 0 bridgehead atoms. The minimum absolute atomic E-state index is 0.0949. The average Bonchev–Trinajstić information content (AvgIpc) is 1.92. The van der Waals surface area contributed by atoms with E-state index in [4.69, 9.17) is 0 Å². The fourth-order valence-electron chi connectivity index (χ4n) is 1.03. The van der Waals surface area contributed by atoms with E-state index in [-0.39, 0.29) is 5.30 Å². The Morgan fingerprint density at radius 2 is 1.83 bits per heavy atom. The summed E-state index contributed by atoms with van der Waals surface area (Å²) in [4.78, 5) is 21.4. The standard InChI is InChI=1S/C8H11O3P/c1-6-4-3-5-8(7(6)2)12(9,10)11/h3-5H,1-2H3,(H2,9,10,11)/p-2. The van der Waals surface area contributed by atoms with E-state index in [9.17, 15) is 14.4 Å². The number of hydrogen-bond donors (Lipinski definition) is 0. The van der Waals surface area contributed by atoms with Crippen LogP contribution in [0.3, 0.4) is 0 Å². The first-order valence-corrected chi connectivity index (χ1v) is 5.06. The van der Waals surface area contributed by atoms with Crippen LogP contribution in [-0.4, -0.2) is 0 Å². The SMILES string of the molecule is Cc1cccc(P(=O)([O-])[O-])c1C. The van der Waals surface area contributed by atoms with Crippen molar-refractivity contribution < 1.29 is 14.4 Å². The highest BCUT2D eigenvalue weighted by atomic mass is 31.2. The van der Waals surface area contributed by atoms with E-state index in [1.807, 2.05) is 0 Å². The first kappa shape index (κ1) is 9.46. The maximum absolute atomic E-state index is 10.7. The van der Waals surface area contributed by atoms with Crippen molar-refractivity contribution in [2.24, 2.45) is 0 Å². The summed E-state index contributed by atoms with van der Waals surface area (Å²) < 4.78 is 10.7. The van der Waals surface area contributed by atoms with Crippen LogP contribution in [0.25, 0.3) is 0 Å². The van der Waals surface area contributed by atoms with E-state index >= 15 is 0 Å². The van der Waals surface area contributed by atoms with Gasteiger partial charge in [0.05, 0.1) is 0 Å². The lowest BCUT2D eigenvalue weighted by Crippen LogP contribution is -2.26. The molecule has 0 spiro atoms. The summed E-state index contributed by atoms with van der Waals surface area (Å²) in [5.41, 5.74) is 1.37. The van der Waals surface area contributed by atoms with Gasteiger partial charge in [0, 0.05) is 0 Å². The van der Waals surface area contributed by atoms with Gasteiger partial charge >= 0.3 is 0 Å². The van der Waals surface area contributed by atoms with Gasteiger partial charge in [0.1, 0.15) is 0 Å². The molecular formula is C8H9O3P-2. The Morgan fingerprint density at radius 1 is 1.25 bits per heavy atom. The van der Waals surface area contributed by atoms with Crippen molar-refractivity contribution >= 4 is 12.9 Å². The van der Waals surface area contributed by atoms with Crippen LogP contribution in [0.5, 0.6) is 0 Å². The van der Waals surface area contributed by atoms with Gasteiger partial charge in [0.2, 0.25) is 0 Å². The Labute approximate surface area is 71.2 Å². The second kappa shape index (κ2) is 3.02. The molecule has 66 valence electrons. The number of rotatable bonds is 1. The zero-order valence-electron chi connectivity index (χ0n) is 6.90. The molecule has 3 nitrogen and oxygen atoms in total. The van der Waals surface area contributed by atoms with E-state index < -0.39 is 7.60 Å². The van der Waals surface area contributed by atoms with Crippen molar-refractivity contribution in [3.8, 4) is 0 Å². The molecule has 0 aliphatic carbocycles. The molecule has 0 saturated heterocycles. The molecule has 0 radical (unpaired) electrons. The third-order valence-corrected chi connectivity index (χ3v) is 2.95. The van der Waals surface area contributed by atoms with Crippen molar-refractivity contribution in [1.29, 1.82) is 0 Å². The highest BCUT2D eigenvalue weighted by molar-refractivity contribution is 7.57. The molecule has 0 atom stereocenters. The molecule has 0 amide bonds. The van der Waals surface area contributed by atoms with Crippen molar-refractivity contribution in [2.45, 2.75) is 13.8 Å². The fourth-order valence-corrected chi connectivity index (χ4v) is 1.89. The Hall–Kier alpha value is -0.630. The van der Waals surface area contributed by atoms with Crippen LogP contribution in [0.4, 0.5) is 0 Å². The first-order valence-electron chi connectivity index (χ1n) is 3.52. The lowest BCUT2D eigenvalue weighted by Gasteiger charge is -2.31. The number of benzene rings is 1.